The Labute approximate surface area is 155 Å². The maximum absolute atomic E-state index is 12.3. The first kappa shape index (κ1) is 19.9. The van der Waals surface area contributed by atoms with Crippen LogP contribution >= 0.6 is 0 Å². The van der Waals surface area contributed by atoms with Crippen LogP contribution < -0.4 is 14.8 Å². The van der Waals surface area contributed by atoms with Crippen molar-refractivity contribution in [2.45, 2.75) is 19.6 Å². The van der Waals surface area contributed by atoms with E-state index in [1.165, 1.54) is 37.5 Å². The summed E-state index contributed by atoms with van der Waals surface area (Å²) in [6.45, 7) is -1.12. The third kappa shape index (κ3) is 5.82. The molecule has 1 N–H and O–H groups in total. The van der Waals surface area contributed by atoms with E-state index in [1.807, 2.05) is 13.0 Å². The van der Waals surface area contributed by atoms with Crippen LogP contribution in [0.4, 0.5) is 8.78 Å². The first-order valence-corrected chi connectivity index (χ1v) is 8.04. The highest BCUT2D eigenvalue weighted by molar-refractivity contribution is 5.92. The van der Waals surface area contributed by atoms with Crippen LogP contribution in [0.1, 0.15) is 29.7 Å². The molecule has 2 rings (SSSR count). The van der Waals surface area contributed by atoms with Crippen molar-refractivity contribution >= 4 is 12.0 Å². The summed E-state index contributed by atoms with van der Waals surface area (Å²) in [5.41, 5.74) is 2.01. The van der Waals surface area contributed by atoms with Gasteiger partial charge in [-0.15, -0.1) is 0 Å². The van der Waals surface area contributed by atoms with Crippen molar-refractivity contribution in [3.8, 4) is 17.6 Å². The number of nitrogens with one attached hydrogen (secondary N) is 1. The molecule has 2 aromatic carbocycles. The van der Waals surface area contributed by atoms with E-state index in [0.29, 0.717) is 11.1 Å². The number of hydrogen-bond acceptors (Lipinski definition) is 4. The Morgan fingerprint density at radius 3 is 2.48 bits per heavy atom. The van der Waals surface area contributed by atoms with E-state index in [2.05, 4.69) is 10.1 Å². The number of methoxy groups -OCH3 is 1. The van der Waals surface area contributed by atoms with Crippen molar-refractivity contribution < 1.29 is 23.0 Å². The zero-order chi connectivity index (χ0) is 19.8. The molecule has 0 radical (unpaired) electrons. The fourth-order valence-electron chi connectivity index (χ4n) is 2.34. The molecule has 0 aliphatic carbocycles. The molecule has 0 heterocycles. The number of hydrogen-bond donors (Lipinski definition) is 1. The highest BCUT2D eigenvalue weighted by atomic mass is 19.3. The van der Waals surface area contributed by atoms with Crippen molar-refractivity contribution in [3.63, 3.8) is 0 Å². The van der Waals surface area contributed by atoms with Crippen molar-refractivity contribution in [1.29, 1.82) is 5.26 Å². The van der Waals surface area contributed by atoms with E-state index in [1.54, 1.807) is 24.3 Å². The number of benzene rings is 2. The van der Waals surface area contributed by atoms with Crippen LogP contribution in [0.5, 0.6) is 11.5 Å². The molecule has 0 aromatic heterocycles. The van der Waals surface area contributed by atoms with Gasteiger partial charge in [0, 0.05) is 6.08 Å². The molecular formula is C20H18F2N2O3. The second-order valence-corrected chi connectivity index (χ2v) is 5.59. The van der Waals surface area contributed by atoms with Gasteiger partial charge in [-0.05, 0) is 48.4 Å². The maximum Gasteiger partial charge on any atom is 0.387 e. The monoisotopic (exact) mass is 372 g/mol. The number of halogens is 2. The van der Waals surface area contributed by atoms with Crippen LogP contribution in [0.3, 0.4) is 0 Å². The van der Waals surface area contributed by atoms with Crippen molar-refractivity contribution in [3.05, 3.63) is 65.2 Å². The molecule has 27 heavy (non-hydrogen) atoms. The Morgan fingerprint density at radius 2 is 1.89 bits per heavy atom. The Bertz CT molecular complexity index is 859. The Morgan fingerprint density at radius 1 is 1.19 bits per heavy atom. The van der Waals surface area contributed by atoms with Crippen LogP contribution in [-0.4, -0.2) is 19.6 Å². The molecule has 1 atom stereocenters. The van der Waals surface area contributed by atoms with Gasteiger partial charge >= 0.3 is 6.61 Å². The van der Waals surface area contributed by atoms with Crippen LogP contribution in [0.2, 0.25) is 0 Å². The van der Waals surface area contributed by atoms with Gasteiger partial charge in [-0.3, -0.25) is 4.79 Å². The van der Waals surface area contributed by atoms with Crippen molar-refractivity contribution in [2.75, 3.05) is 7.11 Å². The molecule has 7 heteroatoms. The molecule has 0 spiro atoms. The highest BCUT2D eigenvalue weighted by Crippen LogP contribution is 2.29. The summed E-state index contributed by atoms with van der Waals surface area (Å²) in [6.07, 6.45) is 2.87. The molecule has 140 valence electrons. The highest BCUT2D eigenvalue weighted by Gasteiger charge is 2.11. The number of ether oxygens (including phenoxy) is 2. The van der Waals surface area contributed by atoms with Gasteiger partial charge < -0.3 is 14.8 Å². The molecule has 0 aliphatic rings. The Hall–Kier alpha value is -3.40. The molecule has 2 aromatic rings. The number of nitriles is 1. The minimum Gasteiger partial charge on any atom is -0.493 e. The fraction of sp³-hybridized carbons (Fsp3) is 0.200. The molecule has 0 saturated heterocycles. The first-order chi connectivity index (χ1) is 12.9. The Balaban J connectivity index is 2.02. The summed E-state index contributed by atoms with van der Waals surface area (Å²) in [7, 11) is 1.34. The van der Waals surface area contributed by atoms with Crippen LogP contribution in [0.15, 0.2) is 48.5 Å². The quantitative estimate of drug-likeness (QED) is 0.744. The molecular weight excluding hydrogens is 354 g/mol. The van der Waals surface area contributed by atoms with Gasteiger partial charge in [0.05, 0.1) is 24.8 Å². The largest absolute Gasteiger partial charge is 0.493 e. The van der Waals surface area contributed by atoms with Crippen LogP contribution in [-0.2, 0) is 4.79 Å². The van der Waals surface area contributed by atoms with Gasteiger partial charge in [0.15, 0.2) is 11.5 Å². The van der Waals surface area contributed by atoms with Crippen LogP contribution in [0.25, 0.3) is 6.08 Å². The average molecular weight is 372 g/mol. The number of alkyl halides is 2. The minimum absolute atomic E-state index is 0.0801. The predicted octanol–water partition coefficient (Wildman–Crippen LogP) is 4.06. The topological polar surface area (TPSA) is 71.3 Å². The standard InChI is InChI=1S/C20H18F2N2O3/c1-13(16-7-3-15(12-23)4-8-16)24-19(25)10-6-14-5-9-17(27-20(21)22)18(11-14)26-2/h3-11,13,20H,1-2H3,(H,24,25)/b10-6+. The van der Waals surface area contributed by atoms with E-state index >= 15 is 0 Å². The zero-order valence-electron chi connectivity index (χ0n) is 14.8. The number of carbonyl (C=O) groups is 1. The smallest absolute Gasteiger partial charge is 0.387 e. The van der Waals surface area contributed by atoms with Gasteiger partial charge in [0.25, 0.3) is 0 Å². The summed E-state index contributed by atoms with van der Waals surface area (Å²) in [5.74, 6) is -0.258. The van der Waals surface area contributed by atoms with Gasteiger partial charge in [-0.25, -0.2) is 0 Å². The summed E-state index contributed by atoms with van der Waals surface area (Å²) in [6, 6.07) is 13.1. The molecule has 0 aliphatic heterocycles. The van der Waals surface area contributed by atoms with E-state index < -0.39 is 6.61 Å². The Kier molecular flexibility index (Phi) is 6.89. The third-order valence-corrected chi connectivity index (χ3v) is 3.73. The molecule has 5 nitrogen and oxygen atoms in total. The van der Waals surface area contributed by atoms with Gasteiger partial charge in [0.2, 0.25) is 5.91 Å². The second kappa shape index (κ2) is 9.34. The summed E-state index contributed by atoms with van der Waals surface area (Å²) in [4.78, 5) is 12.1. The van der Waals surface area contributed by atoms with E-state index in [9.17, 15) is 13.6 Å². The predicted molar refractivity (Wildman–Crippen MR) is 96.4 cm³/mol. The SMILES string of the molecule is COc1cc(/C=C/C(=O)NC(C)c2ccc(C#N)cc2)ccc1OC(F)F. The lowest BCUT2D eigenvalue weighted by molar-refractivity contribution is -0.117. The fourth-order valence-corrected chi connectivity index (χ4v) is 2.34. The summed E-state index contributed by atoms with van der Waals surface area (Å²) in [5, 5.41) is 11.6. The first-order valence-electron chi connectivity index (χ1n) is 8.04. The summed E-state index contributed by atoms with van der Waals surface area (Å²) < 4.78 is 34.0. The number of rotatable bonds is 7. The molecule has 0 fully saturated rings. The minimum atomic E-state index is -2.95. The normalized spacial score (nSPS) is 11.9. The van der Waals surface area contributed by atoms with E-state index in [4.69, 9.17) is 10.00 Å². The van der Waals surface area contributed by atoms with Gasteiger partial charge in [-0.2, -0.15) is 14.0 Å². The lowest BCUT2D eigenvalue weighted by atomic mass is 10.1. The maximum atomic E-state index is 12.3. The molecule has 0 bridgehead atoms. The van der Waals surface area contributed by atoms with Crippen molar-refractivity contribution in [1.82, 2.24) is 5.32 Å². The van der Waals surface area contributed by atoms with Crippen LogP contribution in [0, 0.1) is 11.3 Å². The average Bonchev–Trinajstić information content (AvgIpc) is 2.66. The van der Waals surface area contributed by atoms with E-state index in [-0.39, 0.29) is 23.4 Å². The molecule has 1 amide bonds. The molecule has 1 unspecified atom stereocenters. The molecule has 0 saturated carbocycles. The second-order valence-electron chi connectivity index (χ2n) is 5.59. The number of carbonyl (C=O) groups excluding carboxylic acids is 1. The number of amides is 1. The lowest BCUT2D eigenvalue weighted by Gasteiger charge is -2.13. The van der Waals surface area contributed by atoms with Gasteiger partial charge in [0.1, 0.15) is 0 Å². The summed E-state index contributed by atoms with van der Waals surface area (Å²) >= 11 is 0. The number of nitrogens with zero attached hydrogens (tertiary/aromatic N) is 1. The lowest BCUT2D eigenvalue weighted by Crippen LogP contribution is -2.24. The van der Waals surface area contributed by atoms with Gasteiger partial charge in [-0.1, -0.05) is 18.2 Å². The van der Waals surface area contributed by atoms with Crippen molar-refractivity contribution in [2.24, 2.45) is 0 Å². The zero-order valence-corrected chi connectivity index (χ0v) is 14.8. The van der Waals surface area contributed by atoms with E-state index in [0.717, 1.165) is 5.56 Å². The third-order valence-electron chi connectivity index (χ3n) is 3.73.